The molecule has 2 rings (SSSR count). The van der Waals surface area contributed by atoms with E-state index in [1.54, 1.807) is 7.11 Å². The number of nitrogens with two attached hydrogens (primary N) is 1. The molecule has 1 atom stereocenters. The van der Waals surface area contributed by atoms with Crippen molar-refractivity contribution in [2.75, 3.05) is 13.7 Å². The molecule has 1 aliphatic carbocycles. The van der Waals surface area contributed by atoms with E-state index in [0.717, 1.165) is 24.8 Å². The highest BCUT2D eigenvalue weighted by atomic mass is 35.5. The van der Waals surface area contributed by atoms with E-state index in [1.165, 1.54) is 0 Å². The number of amides is 1. The van der Waals surface area contributed by atoms with Crippen LogP contribution in [0.2, 0.25) is 0 Å². The first-order valence-electron chi connectivity index (χ1n) is 6.29. The van der Waals surface area contributed by atoms with Gasteiger partial charge < -0.3 is 15.8 Å². The molecule has 0 heterocycles. The van der Waals surface area contributed by atoms with Gasteiger partial charge in [0.1, 0.15) is 0 Å². The molecule has 1 fully saturated rings. The van der Waals surface area contributed by atoms with Gasteiger partial charge in [-0.15, -0.1) is 12.4 Å². The number of benzene rings is 1. The largest absolute Gasteiger partial charge is 0.367 e. The van der Waals surface area contributed by atoms with Crippen LogP contribution in [0.15, 0.2) is 30.3 Å². The Morgan fingerprint density at radius 3 is 2.53 bits per heavy atom. The van der Waals surface area contributed by atoms with Crippen LogP contribution in [0.3, 0.4) is 0 Å². The van der Waals surface area contributed by atoms with E-state index in [0.29, 0.717) is 6.54 Å². The highest BCUT2D eigenvalue weighted by Crippen LogP contribution is 2.28. The summed E-state index contributed by atoms with van der Waals surface area (Å²) >= 11 is 0. The van der Waals surface area contributed by atoms with Gasteiger partial charge in [0.2, 0.25) is 0 Å². The molecule has 4 nitrogen and oxygen atoms in total. The Balaban J connectivity index is 0.00000180. The zero-order valence-electron chi connectivity index (χ0n) is 11.1. The van der Waals surface area contributed by atoms with E-state index in [-0.39, 0.29) is 23.9 Å². The van der Waals surface area contributed by atoms with E-state index in [2.05, 4.69) is 5.32 Å². The van der Waals surface area contributed by atoms with Crippen LogP contribution < -0.4 is 11.1 Å². The van der Waals surface area contributed by atoms with Crippen LogP contribution in [-0.4, -0.2) is 25.1 Å². The molecule has 3 N–H and O–H groups in total. The third-order valence-electron chi connectivity index (χ3n) is 3.54. The fourth-order valence-corrected chi connectivity index (χ4v) is 2.19. The molecule has 0 aromatic heterocycles. The van der Waals surface area contributed by atoms with Gasteiger partial charge in [0.25, 0.3) is 5.91 Å². The summed E-state index contributed by atoms with van der Waals surface area (Å²) in [6.07, 6.45) is 2.56. The molecule has 1 saturated carbocycles. The van der Waals surface area contributed by atoms with Gasteiger partial charge in [-0.1, -0.05) is 30.3 Å². The molecular weight excluding hydrogens is 264 g/mol. The molecule has 1 aromatic carbocycles. The van der Waals surface area contributed by atoms with Crippen molar-refractivity contribution in [1.29, 1.82) is 0 Å². The third kappa shape index (κ3) is 3.93. The summed E-state index contributed by atoms with van der Waals surface area (Å²) in [4.78, 5) is 12.1. The number of carbonyl (C=O) groups excluding carboxylic acids is 1. The average Bonchev–Trinajstić information content (AvgIpc) is 2.36. The molecule has 1 unspecified atom stereocenters. The summed E-state index contributed by atoms with van der Waals surface area (Å²) in [5, 5.41) is 2.89. The Kier molecular flexibility index (Phi) is 5.79. The molecule has 5 heteroatoms. The van der Waals surface area contributed by atoms with E-state index in [1.807, 2.05) is 30.3 Å². The lowest BCUT2D eigenvalue weighted by Crippen LogP contribution is -2.55. The van der Waals surface area contributed by atoms with Crippen molar-refractivity contribution < 1.29 is 9.53 Å². The van der Waals surface area contributed by atoms with Crippen molar-refractivity contribution in [2.45, 2.75) is 30.9 Å². The molecule has 1 amide bonds. The lowest BCUT2D eigenvalue weighted by Gasteiger charge is -2.38. The summed E-state index contributed by atoms with van der Waals surface area (Å²) in [5.74, 6) is -0.125. The van der Waals surface area contributed by atoms with Gasteiger partial charge in [-0.3, -0.25) is 4.79 Å². The fourth-order valence-electron chi connectivity index (χ4n) is 2.19. The minimum atomic E-state index is -0.560. The van der Waals surface area contributed by atoms with Crippen LogP contribution in [0.4, 0.5) is 0 Å². The van der Waals surface area contributed by atoms with Crippen molar-refractivity contribution in [3.63, 3.8) is 0 Å². The second kappa shape index (κ2) is 6.89. The molecule has 1 aliphatic rings. The average molecular weight is 285 g/mol. The van der Waals surface area contributed by atoms with Gasteiger partial charge in [-0.25, -0.2) is 0 Å². The zero-order valence-corrected chi connectivity index (χ0v) is 11.9. The first kappa shape index (κ1) is 16.0. The Morgan fingerprint density at radius 1 is 1.42 bits per heavy atom. The molecule has 0 spiro atoms. The van der Waals surface area contributed by atoms with Crippen molar-refractivity contribution in [3.05, 3.63) is 35.9 Å². The highest BCUT2D eigenvalue weighted by Gasteiger charge is 2.33. The normalized spacial score (nSPS) is 17.8. The number of methoxy groups -OCH3 is 1. The Hall–Kier alpha value is -1.10. The maximum Gasteiger partial charge on any atom is 0.253 e. The Bertz CT molecular complexity index is 407. The van der Waals surface area contributed by atoms with Gasteiger partial charge in [0.05, 0.1) is 0 Å². The van der Waals surface area contributed by atoms with Crippen LogP contribution in [0.5, 0.6) is 0 Å². The molecular formula is C14H21ClN2O2. The highest BCUT2D eigenvalue weighted by molar-refractivity contribution is 5.85. The van der Waals surface area contributed by atoms with Crippen molar-refractivity contribution in [2.24, 2.45) is 5.73 Å². The number of nitrogens with one attached hydrogen (secondary N) is 1. The summed E-state index contributed by atoms with van der Waals surface area (Å²) in [6, 6.07) is 9.47. The first-order chi connectivity index (χ1) is 8.64. The quantitative estimate of drug-likeness (QED) is 0.866. The number of hydrogen-bond donors (Lipinski definition) is 2. The number of rotatable bonds is 5. The number of carbonyl (C=O) groups is 1. The Labute approximate surface area is 120 Å². The van der Waals surface area contributed by atoms with E-state index in [9.17, 15) is 4.79 Å². The maximum atomic E-state index is 12.1. The van der Waals surface area contributed by atoms with Crippen LogP contribution >= 0.6 is 12.4 Å². The summed E-state index contributed by atoms with van der Waals surface area (Å²) in [5.41, 5.74) is 6.73. The minimum absolute atomic E-state index is 0. The Morgan fingerprint density at radius 2 is 2.05 bits per heavy atom. The van der Waals surface area contributed by atoms with Crippen LogP contribution in [0.25, 0.3) is 0 Å². The standard InChI is InChI=1S/C14H20N2O2.ClH/c1-18-12(11-6-3-2-4-7-11)13(17)16-10-14(15)8-5-9-14;/h2-4,6-7,12H,5,8-10,15H2,1H3,(H,16,17);1H. The molecule has 0 bridgehead atoms. The SMILES string of the molecule is COC(C(=O)NCC1(N)CCC1)c1ccccc1.Cl. The van der Waals surface area contributed by atoms with Crippen LogP contribution in [0.1, 0.15) is 30.9 Å². The zero-order chi connectivity index (χ0) is 13.0. The monoisotopic (exact) mass is 284 g/mol. The minimum Gasteiger partial charge on any atom is -0.367 e. The molecule has 19 heavy (non-hydrogen) atoms. The summed E-state index contributed by atoms with van der Waals surface area (Å²) in [6.45, 7) is 0.526. The lowest BCUT2D eigenvalue weighted by molar-refractivity contribution is -0.131. The number of hydrogen-bond acceptors (Lipinski definition) is 3. The predicted molar refractivity (Wildman–Crippen MR) is 77.2 cm³/mol. The second-order valence-electron chi connectivity index (χ2n) is 4.96. The van der Waals surface area contributed by atoms with E-state index >= 15 is 0 Å². The van der Waals surface area contributed by atoms with Crippen molar-refractivity contribution in [3.8, 4) is 0 Å². The first-order valence-corrected chi connectivity index (χ1v) is 6.29. The van der Waals surface area contributed by atoms with Gasteiger partial charge in [0, 0.05) is 19.2 Å². The molecule has 0 aliphatic heterocycles. The molecule has 106 valence electrons. The predicted octanol–water partition coefficient (Wildman–Crippen LogP) is 1.79. The van der Waals surface area contributed by atoms with Crippen molar-refractivity contribution in [1.82, 2.24) is 5.32 Å². The number of ether oxygens (including phenoxy) is 1. The maximum absolute atomic E-state index is 12.1. The van der Waals surface area contributed by atoms with Crippen LogP contribution in [0, 0.1) is 0 Å². The molecule has 0 radical (unpaired) electrons. The topological polar surface area (TPSA) is 64.3 Å². The van der Waals surface area contributed by atoms with Gasteiger partial charge in [-0.2, -0.15) is 0 Å². The molecule has 1 aromatic rings. The third-order valence-corrected chi connectivity index (χ3v) is 3.54. The molecule has 0 saturated heterocycles. The van der Waals surface area contributed by atoms with E-state index < -0.39 is 6.10 Å². The number of halogens is 1. The second-order valence-corrected chi connectivity index (χ2v) is 4.96. The van der Waals surface area contributed by atoms with Gasteiger partial charge in [0.15, 0.2) is 6.10 Å². The fraction of sp³-hybridized carbons (Fsp3) is 0.500. The van der Waals surface area contributed by atoms with Gasteiger partial charge in [-0.05, 0) is 24.8 Å². The smallest absolute Gasteiger partial charge is 0.253 e. The summed E-state index contributed by atoms with van der Waals surface area (Å²) in [7, 11) is 1.54. The summed E-state index contributed by atoms with van der Waals surface area (Å²) < 4.78 is 5.26. The van der Waals surface area contributed by atoms with Crippen molar-refractivity contribution >= 4 is 18.3 Å². The lowest BCUT2D eigenvalue weighted by atomic mass is 9.78. The van der Waals surface area contributed by atoms with E-state index in [4.69, 9.17) is 10.5 Å². The van der Waals surface area contributed by atoms with Gasteiger partial charge >= 0.3 is 0 Å². The van der Waals surface area contributed by atoms with Crippen LogP contribution in [-0.2, 0) is 9.53 Å².